The number of rotatable bonds is 4. The number of amides is 1. The van der Waals surface area contributed by atoms with Crippen molar-refractivity contribution in [1.29, 1.82) is 0 Å². The lowest BCUT2D eigenvalue weighted by Crippen LogP contribution is -2.15. The van der Waals surface area contributed by atoms with Crippen LogP contribution in [0.4, 0.5) is 10.1 Å². The zero-order chi connectivity index (χ0) is 15.4. The normalized spacial score (nSPS) is 10.1. The lowest BCUT2D eigenvalue weighted by atomic mass is 10.2. The Morgan fingerprint density at radius 2 is 1.95 bits per heavy atom. The molecule has 6 heteroatoms. The summed E-state index contributed by atoms with van der Waals surface area (Å²) in [7, 11) is 2.97. The molecule has 1 amide bonds. The molecule has 0 spiro atoms. The maximum absolute atomic E-state index is 13.7. The van der Waals surface area contributed by atoms with Crippen LogP contribution in [0.2, 0.25) is 5.02 Å². The minimum atomic E-state index is -0.693. The highest BCUT2D eigenvalue weighted by atomic mass is 35.5. The summed E-state index contributed by atoms with van der Waals surface area (Å²) < 4.78 is 24.0. The summed E-state index contributed by atoms with van der Waals surface area (Å²) in [5.41, 5.74) is 0.144. The largest absolute Gasteiger partial charge is 0.497 e. The second kappa shape index (κ2) is 6.45. The summed E-state index contributed by atoms with van der Waals surface area (Å²) in [6.07, 6.45) is 0. The number of hydrogen-bond donors (Lipinski definition) is 1. The van der Waals surface area contributed by atoms with Gasteiger partial charge in [0.2, 0.25) is 0 Å². The van der Waals surface area contributed by atoms with Gasteiger partial charge in [-0.05, 0) is 24.3 Å². The second-order valence-corrected chi connectivity index (χ2v) is 4.52. The van der Waals surface area contributed by atoms with Crippen molar-refractivity contribution in [3.63, 3.8) is 0 Å². The van der Waals surface area contributed by atoms with Crippen LogP contribution in [-0.2, 0) is 0 Å². The third kappa shape index (κ3) is 3.25. The van der Waals surface area contributed by atoms with Crippen LogP contribution in [0.5, 0.6) is 11.5 Å². The Kier molecular flexibility index (Phi) is 4.65. The number of carbonyl (C=O) groups excluding carboxylic acids is 1. The number of benzene rings is 2. The topological polar surface area (TPSA) is 47.6 Å². The maximum Gasteiger partial charge on any atom is 0.260 e. The Labute approximate surface area is 126 Å². The van der Waals surface area contributed by atoms with E-state index in [0.29, 0.717) is 17.2 Å². The van der Waals surface area contributed by atoms with E-state index in [0.717, 1.165) is 0 Å². The Balaban J connectivity index is 2.35. The Hall–Kier alpha value is -2.27. The van der Waals surface area contributed by atoms with Gasteiger partial charge < -0.3 is 14.8 Å². The van der Waals surface area contributed by atoms with E-state index in [-0.39, 0.29) is 10.6 Å². The summed E-state index contributed by atoms with van der Waals surface area (Å²) in [4.78, 5) is 12.2. The van der Waals surface area contributed by atoms with E-state index in [1.807, 2.05) is 0 Å². The zero-order valence-corrected chi connectivity index (χ0v) is 12.2. The first-order valence-corrected chi connectivity index (χ1v) is 6.42. The first kappa shape index (κ1) is 15.1. The van der Waals surface area contributed by atoms with E-state index in [2.05, 4.69) is 5.32 Å². The van der Waals surface area contributed by atoms with Gasteiger partial charge in [-0.2, -0.15) is 0 Å². The molecule has 2 aromatic rings. The van der Waals surface area contributed by atoms with Gasteiger partial charge >= 0.3 is 0 Å². The van der Waals surface area contributed by atoms with Gasteiger partial charge in [0.1, 0.15) is 17.3 Å². The number of methoxy groups -OCH3 is 2. The lowest BCUT2D eigenvalue weighted by Gasteiger charge is -2.12. The smallest absolute Gasteiger partial charge is 0.260 e. The van der Waals surface area contributed by atoms with Crippen LogP contribution in [0.3, 0.4) is 0 Å². The highest BCUT2D eigenvalue weighted by Crippen LogP contribution is 2.30. The van der Waals surface area contributed by atoms with Crippen molar-refractivity contribution in [2.45, 2.75) is 0 Å². The molecule has 110 valence electrons. The van der Waals surface area contributed by atoms with Gasteiger partial charge in [-0.15, -0.1) is 0 Å². The first-order chi connectivity index (χ1) is 10.1. The number of anilines is 1. The Bertz CT molecular complexity index is 656. The SMILES string of the molecule is COc1ccc(OC)c(NC(=O)c2c(F)cccc2Cl)c1. The fourth-order valence-electron chi connectivity index (χ4n) is 1.81. The van der Waals surface area contributed by atoms with Crippen LogP contribution in [0.15, 0.2) is 36.4 Å². The van der Waals surface area contributed by atoms with E-state index in [1.54, 1.807) is 18.2 Å². The van der Waals surface area contributed by atoms with Crippen molar-refractivity contribution in [1.82, 2.24) is 0 Å². The molecule has 0 aliphatic carbocycles. The van der Waals surface area contributed by atoms with Gasteiger partial charge in [-0.3, -0.25) is 4.79 Å². The van der Waals surface area contributed by atoms with Crippen LogP contribution in [0, 0.1) is 5.82 Å². The highest BCUT2D eigenvalue weighted by Gasteiger charge is 2.17. The number of nitrogens with one attached hydrogen (secondary N) is 1. The van der Waals surface area contributed by atoms with E-state index in [9.17, 15) is 9.18 Å². The van der Waals surface area contributed by atoms with E-state index >= 15 is 0 Å². The summed E-state index contributed by atoms with van der Waals surface area (Å²) in [6, 6.07) is 8.94. The van der Waals surface area contributed by atoms with Crippen molar-refractivity contribution in [2.24, 2.45) is 0 Å². The van der Waals surface area contributed by atoms with Gasteiger partial charge in [0, 0.05) is 6.07 Å². The fraction of sp³-hybridized carbons (Fsp3) is 0.133. The minimum Gasteiger partial charge on any atom is -0.497 e. The molecule has 1 N–H and O–H groups in total. The number of hydrogen-bond acceptors (Lipinski definition) is 3. The zero-order valence-electron chi connectivity index (χ0n) is 11.4. The van der Waals surface area contributed by atoms with Crippen LogP contribution < -0.4 is 14.8 Å². The van der Waals surface area contributed by atoms with Crippen molar-refractivity contribution in [2.75, 3.05) is 19.5 Å². The molecule has 4 nitrogen and oxygen atoms in total. The molecule has 2 rings (SSSR count). The average Bonchev–Trinajstić information content (AvgIpc) is 2.47. The van der Waals surface area contributed by atoms with E-state index < -0.39 is 11.7 Å². The minimum absolute atomic E-state index is 0.0364. The number of carbonyl (C=O) groups is 1. The van der Waals surface area contributed by atoms with Crippen LogP contribution in [-0.4, -0.2) is 20.1 Å². The molecule has 0 heterocycles. The fourth-order valence-corrected chi connectivity index (χ4v) is 2.06. The molecule has 2 aromatic carbocycles. The molecular formula is C15H13ClFNO3. The van der Waals surface area contributed by atoms with Crippen molar-refractivity contribution in [3.05, 3.63) is 52.8 Å². The lowest BCUT2D eigenvalue weighted by molar-refractivity contribution is 0.102. The third-order valence-electron chi connectivity index (χ3n) is 2.84. The number of ether oxygens (including phenoxy) is 2. The number of halogens is 2. The molecule has 21 heavy (non-hydrogen) atoms. The molecular weight excluding hydrogens is 297 g/mol. The van der Waals surface area contributed by atoms with Crippen molar-refractivity contribution >= 4 is 23.2 Å². The Morgan fingerprint density at radius 1 is 1.19 bits per heavy atom. The standard InChI is InChI=1S/C15H13ClFNO3/c1-20-9-6-7-13(21-2)12(8-9)18-15(19)14-10(16)4-3-5-11(14)17/h3-8H,1-2H3,(H,18,19). The first-order valence-electron chi connectivity index (χ1n) is 6.04. The monoisotopic (exact) mass is 309 g/mol. The summed E-state index contributed by atoms with van der Waals surface area (Å²) in [5.74, 6) is -0.395. The molecule has 0 aliphatic heterocycles. The summed E-state index contributed by atoms with van der Waals surface area (Å²) in [6.45, 7) is 0. The van der Waals surface area contributed by atoms with Gasteiger partial charge in [-0.1, -0.05) is 17.7 Å². The summed E-state index contributed by atoms with van der Waals surface area (Å²) in [5, 5.41) is 2.60. The summed E-state index contributed by atoms with van der Waals surface area (Å²) >= 11 is 5.87. The molecule has 0 aliphatic rings. The predicted octanol–water partition coefficient (Wildman–Crippen LogP) is 3.75. The molecule has 0 fully saturated rings. The molecule has 0 atom stereocenters. The maximum atomic E-state index is 13.7. The van der Waals surface area contributed by atoms with Gasteiger partial charge in [0.25, 0.3) is 5.91 Å². The van der Waals surface area contributed by atoms with E-state index in [4.69, 9.17) is 21.1 Å². The van der Waals surface area contributed by atoms with Crippen LogP contribution in [0.25, 0.3) is 0 Å². The van der Waals surface area contributed by atoms with Crippen molar-refractivity contribution in [3.8, 4) is 11.5 Å². The predicted molar refractivity (Wildman–Crippen MR) is 78.9 cm³/mol. The highest BCUT2D eigenvalue weighted by molar-refractivity contribution is 6.34. The van der Waals surface area contributed by atoms with Gasteiger partial charge in [0.05, 0.1) is 30.5 Å². The second-order valence-electron chi connectivity index (χ2n) is 4.12. The van der Waals surface area contributed by atoms with Crippen LogP contribution in [0.1, 0.15) is 10.4 Å². The van der Waals surface area contributed by atoms with Gasteiger partial charge in [0.15, 0.2) is 0 Å². The molecule has 0 aromatic heterocycles. The molecule has 0 saturated carbocycles. The molecule has 0 unspecified atom stereocenters. The quantitative estimate of drug-likeness (QED) is 0.935. The molecule has 0 radical (unpaired) electrons. The van der Waals surface area contributed by atoms with Gasteiger partial charge in [-0.25, -0.2) is 4.39 Å². The third-order valence-corrected chi connectivity index (χ3v) is 3.16. The van der Waals surface area contributed by atoms with Crippen LogP contribution >= 0.6 is 11.6 Å². The van der Waals surface area contributed by atoms with Crippen molar-refractivity contribution < 1.29 is 18.7 Å². The molecule has 0 bridgehead atoms. The Morgan fingerprint density at radius 3 is 2.57 bits per heavy atom. The average molecular weight is 310 g/mol. The van der Waals surface area contributed by atoms with E-state index in [1.165, 1.54) is 32.4 Å². The molecule has 0 saturated heterocycles.